The minimum absolute atomic E-state index is 0. The van der Waals surface area contributed by atoms with Crippen LogP contribution < -0.4 is 24.8 Å². The molecule has 6 nitrogen and oxygen atoms in total. The van der Waals surface area contributed by atoms with Gasteiger partial charge in [0, 0.05) is 25.7 Å². The lowest BCUT2D eigenvalue weighted by molar-refractivity contribution is -0.153. The highest BCUT2D eigenvalue weighted by Crippen LogP contribution is 2.27. The van der Waals surface area contributed by atoms with E-state index in [-0.39, 0.29) is 36.3 Å². The normalized spacial score (nSPS) is 11.4. The van der Waals surface area contributed by atoms with Gasteiger partial charge in [0.2, 0.25) is 0 Å². The topological polar surface area (TPSA) is 64.1 Å². The van der Waals surface area contributed by atoms with Crippen molar-refractivity contribution in [1.29, 1.82) is 0 Å². The number of hydrogen-bond acceptors (Lipinski definition) is 4. The second-order valence-corrected chi connectivity index (χ2v) is 6.30. The van der Waals surface area contributed by atoms with E-state index in [0.717, 1.165) is 5.56 Å². The summed E-state index contributed by atoms with van der Waals surface area (Å²) in [5, 5.41) is 6.26. The number of nitrogens with one attached hydrogen (secondary N) is 2. The monoisotopic (exact) mass is 553 g/mol. The predicted octanol–water partition coefficient (Wildman–Crippen LogP) is 4.17. The number of nitrogens with zero attached hydrogens (tertiary/aromatic N) is 1. The van der Waals surface area contributed by atoms with Gasteiger partial charge in [0.1, 0.15) is 5.75 Å². The van der Waals surface area contributed by atoms with Crippen LogP contribution in [0, 0.1) is 0 Å². The van der Waals surface area contributed by atoms with Crippen molar-refractivity contribution in [2.24, 2.45) is 4.99 Å². The fourth-order valence-electron chi connectivity index (χ4n) is 2.71. The van der Waals surface area contributed by atoms with Gasteiger partial charge in [-0.25, -0.2) is 0 Å². The number of guanidine groups is 1. The maximum absolute atomic E-state index is 12.4. The van der Waals surface area contributed by atoms with E-state index < -0.39 is 12.8 Å². The van der Waals surface area contributed by atoms with Crippen LogP contribution in [0.4, 0.5) is 13.2 Å². The molecule has 0 amide bonds. The summed E-state index contributed by atoms with van der Waals surface area (Å²) in [4.78, 5) is 4.14. The fraction of sp³-hybridized carbons (Fsp3) is 0.381. The Morgan fingerprint density at radius 1 is 0.968 bits per heavy atom. The summed E-state index contributed by atoms with van der Waals surface area (Å²) in [6.45, 7) is -0.465. The lowest BCUT2D eigenvalue weighted by Crippen LogP contribution is -2.38. The molecule has 0 aliphatic carbocycles. The smallest absolute Gasteiger partial charge is 0.422 e. The zero-order chi connectivity index (χ0) is 22.0. The molecule has 172 valence electrons. The number of para-hydroxylation sites is 1. The quantitative estimate of drug-likeness (QED) is 0.278. The first-order chi connectivity index (χ1) is 14.4. The van der Waals surface area contributed by atoms with Crippen LogP contribution in [0.3, 0.4) is 0 Å². The molecule has 0 atom stereocenters. The molecule has 0 fully saturated rings. The third-order valence-corrected chi connectivity index (χ3v) is 4.19. The van der Waals surface area contributed by atoms with Crippen LogP contribution in [-0.4, -0.2) is 46.6 Å². The molecule has 0 spiro atoms. The lowest BCUT2D eigenvalue weighted by Gasteiger charge is -2.16. The molecular formula is C21H27F3IN3O3. The molecule has 0 saturated carbocycles. The van der Waals surface area contributed by atoms with Crippen LogP contribution in [0.5, 0.6) is 17.2 Å². The Bertz CT molecular complexity index is 848. The van der Waals surface area contributed by atoms with E-state index in [9.17, 15) is 13.2 Å². The Kier molecular flexibility index (Phi) is 11.3. The van der Waals surface area contributed by atoms with Crippen molar-refractivity contribution in [3.05, 3.63) is 53.6 Å². The molecule has 31 heavy (non-hydrogen) atoms. The van der Waals surface area contributed by atoms with Gasteiger partial charge in [-0.1, -0.05) is 24.3 Å². The van der Waals surface area contributed by atoms with Crippen molar-refractivity contribution in [1.82, 2.24) is 10.6 Å². The number of ether oxygens (including phenoxy) is 3. The molecule has 0 unspecified atom stereocenters. The summed E-state index contributed by atoms with van der Waals surface area (Å²) >= 11 is 0. The van der Waals surface area contributed by atoms with E-state index in [4.69, 9.17) is 14.2 Å². The molecule has 0 aliphatic heterocycles. The summed E-state index contributed by atoms with van der Waals surface area (Å²) in [6, 6.07) is 12.3. The standard InChI is InChI=1S/C21H26F3N3O3.HI/c1-25-20(26-11-10-15-8-9-18(28-2)19(12-15)29-3)27-13-16-6-4-5-7-17(16)30-14-21(22,23)24;/h4-9,12H,10-11,13-14H2,1-3H3,(H2,25,26,27);1H. The number of rotatable bonds is 9. The second kappa shape index (κ2) is 13.1. The SMILES string of the molecule is CN=C(NCCc1ccc(OC)c(OC)c1)NCc1ccccc1OCC(F)(F)F.I. The van der Waals surface area contributed by atoms with Crippen molar-refractivity contribution in [2.75, 3.05) is 34.4 Å². The number of methoxy groups -OCH3 is 2. The maximum Gasteiger partial charge on any atom is 0.422 e. The van der Waals surface area contributed by atoms with E-state index >= 15 is 0 Å². The minimum atomic E-state index is -4.39. The maximum atomic E-state index is 12.4. The molecule has 0 aliphatic rings. The zero-order valence-electron chi connectivity index (χ0n) is 17.6. The van der Waals surface area contributed by atoms with E-state index in [2.05, 4.69) is 15.6 Å². The Hall–Kier alpha value is -2.37. The second-order valence-electron chi connectivity index (χ2n) is 6.30. The Morgan fingerprint density at radius 3 is 2.32 bits per heavy atom. The molecule has 2 aromatic rings. The molecule has 2 rings (SSSR count). The Morgan fingerprint density at radius 2 is 1.68 bits per heavy atom. The summed E-state index contributed by atoms with van der Waals surface area (Å²) in [5.41, 5.74) is 1.66. The minimum Gasteiger partial charge on any atom is -0.493 e. The number of benzene rings is 2. The van der Waals surface area contributed by atoms with E-state index in [1.54, 1.807) is 39.5 Å². The fourth-order valence-corrected chi connectivity index (χ4v) is 2.71. The van der Waals surface area contributed by atoms with E-state index in [1.807, 2.05) is 18.2 Å². The van der Waals surface area contributed by atoms with Gasteiger partial charge in [-0.3, -0.25) is 4.99 Å². The number of alkyl halides is 3. The largest absolute Gasteiger partial charge is 0.493 e. The molecule has 0 radical (unpaired) electrons. The van der Waals surface area contributed by atoms with Gasteiger partial charge in [0.25, 0.3) is 0 Å². The van der Waals surface area contributed by atoms with E-state index in [1.165, 1.54) is 6.07 Å². The van der Waals surface area contributed by atoms with Gasteiger partial charge in [-0.05, 0) is 30.2 Å². The summed E-state index contributed by atoms with van der Waals surface area (Å²) < 4.78 is 52.7. The van der Waals surface area contributed by atoms with Crippen molar-refractivity contribution in [3.8, 4) is 17.2 Å². The lowest BCUT2D eigenvalue weighted by atomic mass is 10.1. The highest BCUT2D eigenvalue weighted by Gasteiger charge is 2.28. The zero-order valence-corrected chi connectivity index (χ0v) is 19.9. The van der Waals surface area contributed by atoms with Crippen LogP contribution in [0.25, 0.3) is 0 Å². The van der Waals surface area contributed by atoms with Gasteiger partial charge in [-0.15, -0.1) is 24.0 Å². The van der Waals surface area contributed by atoms with Gasteiger partial charge >= 0.3 is 6.18 Å². The average Bonchev–Trinajstić information content (AvgIpc) is 2.74. The third-order valence-electron chi connectivity index (χ3n) is 4.19. The molecule has 0 heterocycles. The molecule has 0 bridgehead atoms. The molecule has 2 aromatic carbocycles. The first kappa shape index (κ1) is 26.7. The van der Waals surface area contributed by atoms with Crippen molar-refractivity contribution < 1.29 is 27.4 Å². The summed E-state index contributed by atoms with van der Waals surface area (Å²) in [7, 11) is 4.79. The molecular weight excluding hydrogens is 526 g/mol. The third kappa shape index (κ3) is 9.11. The molecule has 0 saturated heterocycles. The summed E-state index contributed by atoms with van der Waals surface area (Å²) in [6.07, 6.45) is -3.67. The molecule has 2 N–H and O–H groups in total. The van der Waals surface area contributed by atoms with Crippen molar-refractivity contribution in [2.45, 2.75) is 19.1 Å². The Balaban J connectivity index is 0.00000480. The van der Waals surface area contributed by atoms with E-state index in [0.29, 0.717) is 36.0 Å². The van der Waals surface area contributed by atoms with Crippen molar-refractivity contribution >= 4 is 29.9 Å². The summed E-state index contributed by atoms with van der Waals surface area (Å²) in [5.74, 6) is 2.04. The number of halogens is 4. The van der Waals surface area contributed by atoms with Gasteiger partial charge in [0.15, 0.2) is 24.1 Å². The molecule has 10 heteroatoms. The highest BCUT2D eigenvalue weighted by atomic mass is 127. The van der Waals surface area contributed by atoms with Gasteiger partial charge in [0.05, 0.1) is 14.2 Å². The number of hydrogen-bond donors (Lipinski definition) is 2. The highest BCUT2D eigenvalue weighted by molar-refractivity contribution is 14.0. The van der Waals surface area contributed by atoms with Crippen LogP contribution >= 0.6 is 24.0 Å². The van der Waals surface area contributed by atoms with Crippen LogP contribution in [0.15, 0.2) is 47.5 Å². The first-order valence-electron chi connectivity index (χ1n) is 9.29. The predicted molar refractivity (Wildman–Crippen MR) is 125 cm³/mol. The van der Waals surface area contributed by atoms with Crippen LogP contribution in [0.2, 0.25) is 0 Å². The first-order valence-corrected chi connectivity index (χ1v) is 9.29. The van der Waals surface area contributed by atoms with Gasteiger partial charge in [-0.2, -0.15) is 13.2 Å². The van der Waals surface area contributed by atoms with Crippen LogP contribution in [-0.2, 0) is 13.0 Å². The van der Waals surface area contributed by atoms with Crippen molar-refractivity contribution in [3.63, 3.8) is 0 Å². The average molecular weight is 553 g/mol. The van der Waals surface area contributed by atoms with Gasteiger partial charge < -0.3 is 24.8 Å². The van der Waals surface area contributed by atoms with Crippen LogP contribution in [0.1, 0.15) is 11.1 Å². The number of aliphatic imine (C=N–C) groups is 1. The Labute approximate surface area is 197 Å². The molecule has 0 aromatic heterocycles.